The number of anilines is 2. The highest BCUT2D eigenvalue weighted by atomic mass is 32.2. The van der Waals surface area contributed by atoms with Crippen LogP contribution in [0, 0.1) is 0 Å². The summed E-state index contributed by atoms with van der Waals surface area (Å²) < 4.78 is 24.6. The van der Waals surface area contributed by atoms with E-state index in [0.717, 1.165) is 11.9 Å². The van der Waals surface area contributed by atoms with Gasteiger partial charge in [0.25, 0.3) is 0 Å². The molecule has 0 saturated carbocycles. The van der Waals surface area contributed by atoms with Crippen LogP contribution in [0.5, 0.6) is 0 Å². The van der Waals surface area contributed by atoms with E-state index in [0.29, 0.717) is 5.69 Å². The molecule has 1 rings (SSSR count). The van der Waals surface area contributed by atoms with E-state index >= 15 is 0 Å². The summed E-state index contributed by atoms with van der Waals surface area (Å²) in [4.78, 5) is 0. The highest BCUT2D eigenvalue weighted by Crippen LogP contribution is 2.19. The summed E-state index contributed by atoms with van der Waals surface area (Å²) in [5.41, 5.74) is 0.379. The molecule has 1 aromatic carbocycles. The largest absolute Gasteiger partial charge is 0.388 e. The molecule has 1 aromatic rings. The second kappa shape index (κ2) is 5.16. The highest BCUT2D eigenvalue weighted by molar-refractivity contribution is 7.92. The number of nitrogens with one attached hydrogen (secondary N) is 2. The van der Waals surface area contributed by atoms with Crippen molar-refractivity contribution in [2.75, 3.05) is 16.3 Å². The molecule has 6 heteroatoms. The molecule has 0 aromatic heterocycles. The number of aliphatic hydroxyl groups is 1. The SMILES string of the molecule is CC(Nc1cccc(NS(C)(=O)=O)c1)C(C)(C)O. The third-order valence-corrected chi connectivity index (χ3v) is 3.22. The summed E-state index contributed by atoms with van der Waals surface area (Å²) in [6.45, 7) is 5.28. The molecule has 1 unspecified atom stereocenters. The van der Waals surface area contributed by atoms with Crippen molar-refractivity contribution in [3.8, 4) is 0 Å². The summed E-state index contributed by atoms with van der Waals surface area (Å²) in [7, 11) is -3.28. The predicted octanol–water partition coefficient (Wildman–Crippen LogP) is 1.63. The van der Waals surface area contributed by atoms with Crippen LogP contribution in [-0.4, -0.2) is 31.4 Å². The van der Waals surface area contributed by atoms with Gasteiger partial charge in [0.1, 0.15) is 0 Å². The van der Waals surface area contributed by atoms with Gasteiger partial charge >= 0.3 is 0 Å². The van der Waals surface area contributed by atoms with Crippen LogP contribution in [0.2, 0.25) is 0 Å². The van der Waals surface area contributed by atoms with Crippen molar-refractivity contribution < 1.29 is 13.5 Å². The van der Waals surface area contributed by atoms with E-state index in [-0.39, 0.29) is 6.04 Å². The summed E-state index contributed by atoms with van der Waals surface area (Å²) in [6.07, 6.45) is 1.10. The van der Waals surface area contributed by atoms with Gasteiger partial charge in [0.2, 0.25) is 10.0 Å². The van der Waals surface area contributed by atoms with Crippen LogP contribution in [0.3, 0.4) is 0 Å². The Balaban J connectivity index is 2.83. The quantitative estimate of drug-likeness (QED) is 0.761. The molecule has 1 atom stereocenters. The van der Waals surface area contributed by atoms with Crippen LogP contribution >= 0.6 is 0 Å². The lowest BCUT2D eigenvalue weighted by atomic mass is 10.0. The standard InChI is InChI=1S/C12H20N2O3S/c1-9(12(2,3)15)13-10-6-5-7-11(8-10)14-18(4,16)17/h5-9,13-15H,1-4H3. The Kier molecular flexibility index (Phi) is 4.24. The Morgan fingerprint density at radius 1 is 1.28 bits per heavy atom. The molecule has 18 heavy (non-hydrogen) atoms. The molecule has 102 valence electrons. The van der Waals surface area contributed by atoms with Crippen LogP contribution in [-0.2, 0) is 10.0 Å². The molecule has 0 heterocycles. The molecule has 0 aliphatic carbocycles. The Morgan fingerprint density at radius 3 is 2.33 bits per heavy atom. The molecule has 0 aliphatic rings. The van der Waals surface area contributed by atoms with E-state index in [2.05, 4.69) is 10.0 Å². The highest BCUT2D eigenvalue weighted by Gasteiger charge is 2.21. The van der Waals surface area contributed by atoms with Crippen LogP contribution in [0.15, 0.2) is 24.3 Å². The number of rotatable bonds is 5. The Bertz CT molecular complexity index is 506. The van der Waals surface area contributed by atoms with Crippen LogP contribution in [0.4, 0.5) is 11.4 Å². The Labute approximate surface area is 108 Å². The van der Waals surface area contributed by atoms with Crippen LogP contribution < -0.4 is 10.0 Å². The maximum Gasteiger partial charge on any atom is 0.229 e. The van der Waals surface area contributed by atoms with E-state index in [4.69, 9.17) is 0 Å². The minimum atomic E-state index is -3.28. The summed E-state index contributed by atoms with van der Waals surface area (Å²) in [6, 6.07) is 6.75. The van der Waals surface area contributed by atoms with Crippen molar-refractivity contribution in [1.29, 1.82) is 0 Å². The van der Waals surface area contributed by atoms with Gasteiger partial charge in [-0.2, -0.15) is 0 Å². The van der Waals surface area contributed by atoms with Gasteiger partial charge in [-0.3, -0.25) is 4.72 Å². The third-order valence-electron chi connectivity index (χ3n) is 2.61. The summed E-state index contributed by atoms with van der Waals surface area (Å²) in [5.74, 6) is 0. The Morgan fingerprint density at radius 2 is 1.83 bits per heavy atom. The first-order valence-electron chi connectivity index (χ1n) is 5.65. The smallest absolute Gasteiger partial charge is 0.229 e. The van der Waals surface area contributed by atoms with E-state index < -0.39 is 15.6 Å². The lowest BCUT2D eigenvalue weighted by Crippen LogP contribution is -2.39. The van der Waals surface area contributed by atoms with E-state index in [1.54, 1.807) is 32.0 Å². The van der Waals surface area contributed by atoms with E-state index in [9.17, 15) is 13.5 Å². The fourth-order valence-electron chi connectivity index (χ4n) is 1.31. The number of benzene rings is 1. The monoisotopic (exact) mass is 272 g/mol. The normalized spacial score (nSPS) is 14.1. The molecule has 0 aliphatic heterocycles. The van der Waals surface area contributed by atoms with Gasteiger partial charge in [-0.1, -0.05) is 6.07 Å². The lowest BCUT2D eigenvalue weighted by molar-refractivity contribution is 0.0649. The molecule has 0 bridgehead atoms. The van der Waals surface area contributed by atoms with Gasteiger partial charge in [-0.15, -0.1) is 0 Å². The number of hydrogen-bond donors (Lipinski definition) is 3. The van der Waals surface area contributed by atoms with Crippen LogP contribution in [0.25, 0.3) is 0 Å². The van der Waals surface area contributed by atoms with Gasteiger partial charge < -0.3 is 10.4 Å². The summed E-state index contributed by atoms with van der Waals surface area (Å²) >= 11 is 0. The van der Waals surface area contributed by atoms with Crippen molar-refractivity contribution >= 4 is 21.4 Å². The first kappa shape index (κ1) is 14.8. The fraction of sp³-hybridized carbons (Fsp3) is 0.500. The maximum atomic E-state index is 11.1. The summed E-state index contributed by atoms with van der Waals surface area (Å²) in [5, 5.41) is 13.0. The molecular weight excluding hydrogens is 252 g/mol. The average molecular weight is 272 g/mol. The minimum absolute atomic E-state index is 0.161. The van der Waals surface area contributed by atoms with Crippen LogP contribution in [0.1, 0.15) is 20.8 Å². The second-order valence-corrected chi connectivity index (χ2v) is 6.72. The first-order valence-corrected chi connectivity index (χ1v) is 7.54. The zero-order valence-electron chi connectivity index (χ0n) is 11.1. The van der Waals surface area contributed by atoms with Gasteiger partial charge in [0.15, 0.2) is 0 Å². The van der Waals surface area contributed by atoms with Crippen molar-refractivity contribution in [2.45, 2.75) is 32.4 Å². The second-order valence-electron chi connectivity index (χ2n) is 4.97. The van der Waals surface area contributed by atoms with Crippen molar-refractivity contribution in [3.05, 3.63) is 24.3 Å². The first-order chi connectivity index (χ1) is 8.08. The third kappa shape index (κ3) is 4.93. The molecule has 0 fully saturated rings. The zero-order chi connectivity index (χ0) is 14.0. The average Bonchev–Trinajstić information content (AvgIpc) is 2.13. The number of sulfonamides is 1. The maximum absolute atomic E-state index is 11.1. The van der Waals surface area contributed by atoms with Gasteiger partial charge in [-0.25, -0.2) is 8.42 Å². The molecule has 0 amide bonds. The lowest BCUT2D eigenvalue weighted by Gasteiger charge is -2.27. The molecule has 3 N–H and O–H groups in total. The molecule has 0 spiro atoms. The van der Waals surface area contributed by atoms with Gasteiger partial charge in [0, 0.05) is 5.69 Å². The fourth-order valence-corrected chi connectivity index (χ4v) is 1.87. The predicted molar refractivity (Wildman–Crippen MR) is 74.3 cm³/mol. The van der Waals surface area contributed by atoms with Crippen molar-refractivity contribution in [3.63, 3.8) is 0 Å². The zero-order valence-corrected chi connectivity index (χ0v) is 11.9. The van der Waals surface area contributed by atoms with Crippen molar-refractivity contribution in [2.24, 2.45) is 0 Å². The molecule has 0 saturated heterocycles. The number of hydrogen-bond acceptors (Lipinski definition) is 4. The minimum Gasteiger partial charge on any atom is -0.388 e. The van der Waals surface area contributed by atoms with Crippen molar-refractivity contribution in [1.82, 2.24) is 0 Å². The van der Waals surface area contributed by atoms with Gasteiger partial charge in [-0.05, 0) is 39.0 Å². The molecule has 5 nitrogen and oxygen atoms in total. The Hall–Kier alpha value is -1.27. The van der Waals surface area contributed by atoms with E-state index in [1.807, 2.05) is 13.0 Å². The molecular formula is C12H20N2O3S. The van der Waals surface area contributed by atoms with Gasteiger partial charge in [0.05, 0.1) is 23.6 Å². The van der Waals surface area contributed by atoms with E-state index in [1.165, 1.54) is 0 Å². The topological polar surface area (TPSA) is 78.4 Å². The molecule has 0 radical (unpaired) electrons.